The molecule has 1 aromatic rings. The van der Waals surface area contributed by atoms with Gasteiger partial charge in [-0.25, -0.2) is 4.98 Å². The van der Waals surface area contributed by atoms with Crippen molar-refractivity contribution in [2.45, 2.75) is 6.42 Å². The van der Waals surface area contributed by atoms with E-state index in [2.05, 4.69) is 20.9 Å². The number of nitrogens with zero attached hydrogens (tertiary/aromatic N) is 1. The van der Waals surface area contributed by atoms with Gasteiger partial charge in [-0.3, -0.25) is 0 Å². The maximum atomic E-state index is 12.8. The summed E-state index contributed by atoms with van der Waals surface area (Å²) in [6, 6.07) is 1.59. The zero-order valence-electron chi connectivity index (χ0n) is 5.65. The normalized spacial score (nSPS) is 10.1. The number of alkyl halides is 1. The summed E-state index contributed by atoms with van der Waals surface area (Å²) in [5, 5.41) is 1.19. The third-order valence-electron chi connectivity index (χ3n) is 1.24. The average Bonchev–Trinajstić information content (AvgIpc) is 1.98. The molecule has 0 spiro atoms. The lowest BCUT2D eigenvalue weighted by molar-refractivity contribution is 0.569. The predicted octanol–water partition coefficient (Wildman–Crippen LogP) is 2.81. The van der Waals surface area contributed by atoms with Crippen LogP contribution in [0.3, 0.4) is 0 Å². The van der Waals surface area contributed by atoms with Crippen molar-refractivity contribution in [1.29, 1.82) is 0 Å². The van der Waals surface area contributed by atoms with E-state index in [0.29, 0.717) is 22.3 Å². The molecule has 1 heterocycles. The van der Waals surface area contributed by atoms with Gasteiger partial charge in [-0.2, -0.15) is 4.39 Å². The molecule has 11 heavy (non-hydrogen) atoms. The molecule has 60 valence electrons. The Morgan fingerprint density at radius 3 is 3.00 bits per heavy atom. The largest absolute Gasteiger partial charge is 0.227 e. The molecule has 1 aromatic heterocycles. The van der Waals surface area contributed by atoms with Crippen molar-refractivity contribution < 1.29 is 4.39 Å². The van der Waals surface area contributed by atoms with Gasteiger partial charge in [0.2, 0.25) is 5.95 Å². The van der Waals surface area contributed by atoms with E-state index < -0.39 is 5.95 Å². The predicted molar refractivity (Wildman–Crippen MR) is 46.7 cm³/mol. The zero-order valence-corrected chi connectivity index (χ0v) is 7.99. The summed E-state index contributed by atoms with van der Waals surface area (Å²) >= 11 is 8.82. The first-order valence-electron chi connectivity index (χ1n) is 3.10. The lowest BCUT2D eigenvalue weighted by Crippen LogP contribution is -1.94. The van der Waals surface area contributed by atoms with Gasteiger partial charge in [-0.05, 0) is 12.5 Å². The van der Waals surface area contributed by atoms with Crippen LogP contribution in [0.25, 0.3) is 0 Å². The van der Waals surface area contributed by atoms with E-state index in [9.17, 15) is 4.39 Å². The van der Waals surface area contributed by atoms with E-state index in [1.165, 1.54) is 6.20 Å². The van der Waals surface area contributed by atoms with Crippen LogP contribution < -0.4 is 0 Å². The number of pyridine rings is 1. The number of rotatable bonds is 2. The molecular weight excluding hydrogens is 232 g/mol. The summed E-state index contributed by atoms with van der Waals surface area (Å²) in [4.78, 5) is 3.48. The highest BCUT2D eigenvalue weighted by atomic mass is 79.9. The van der Waals surface area contributed by atoms with E-state index in [1.807, 2.05) is 0 Å². The van der Waals surface area contributed by atoms with Crippen molar-refractivity contribution in [2.24, 2.45) is 0 Å². The van der Waals surface area contributed by atoms with Crippen LogP contribution in [0.2, 0.25) is 5.02 Å². The summed E-state index contributed by atoms with van der Waals surface area (Å²) in [6.07, 6.45) is 1.91. The fourth-order valence-corrected chi connectivity index (χ4v) is 1.35. The Bertz CT molecular complexity index is 254. The minimum absolute atomic E-state index is 0.436. The minimum atomic E-state index is -0.436. The van der Waals surface area contributed by atoms with Crippen LogP contribution in [0.4, 0.5) is 4.39 Å². The van der Waals surface area contributed by atoms with Crippen molar-refractivity contribution in [1.82, 2.24) is 4.98 Å². The van der Waals surface area contributed by atoms with Crippen LogP contribution in [-0.2, 0) is 6.42 Å². The summed E-state index contributed by atoms with van der Waals surface area (Å²) in [5.41, 5.74) is 0.550. The van der Waals surface area contributed by atoms with Crippen LogP contribution in [0, 0.1) is 5.95 Å². The van der Waals surface area contributed by atoms with Gasteiger partial charge in [0.05, 0.1) is 5.02 Å². The Kier molecular flexibility index (Phi) is 3.27. The highest BCUT2D eigenvalue weighted by molar-refractivity contribution is 9.09. The van der Waals surface area contributed by atoms with Gasteiger partial charge < -0.3 is 0 Å². The molecular formula is C7H6BrClFN. The average molecular weight is 238 g/mol. The number of halogens is 3. The molecule has 0 bridgehead atoms. The van der Waals surface area contributed by atoms with Crippen LogP contribution in [0.5, 0.6) is 0 Å². The van der Waals surface area contributed by atoms with E-state index in [4.69, 9.17) is 11.6 Å². The fraction of sp³-hybridized carbons (Fsp3) is 0.286. The first-order valence-corrected chi connectivity index (χ1v) is 4.60. The fourth-order valence-electron chi connectivity index (χ4n) is 0.742. The van der Waals surface area contributed by atoms with Gasteiger partial charge in [0.1, 0.15) is 0 Å². The molecule has 0 unspecified atom stereocenters. The van der Waals surface area contributed by atoms with Crippen LogP contribution in [0.15, 0.2) is 12.3 Å². The number of hydrogen-bond donors (Lipinski definition) is 0. The lowest BCUT2D eigenvalue weighted by Gasteiger charge is -1.98. The molecule has 0 fully saturated rings. The first-order chi connectivity index (χ1) is 5.24. The van der Waals surface area contributed by atoms with Crippen molar-refractivity contribution in [3.05, 3.63) is 28.8 Å². The summed E-state index contributed by atoms with van der Waals surface area (Å²) in [5.74, 6) is -0.436. The third-order valence-corrected chi connectivity index (χ3v) is 1.85. The zero-order chi connectivity index (χ0) is 8.27. The topological polar surface area (TPSA) is 12.9 Å². The maximum Gasteiger partial charge on any atom is 0.216 e. The highest BCUT2D eigenvalue weighted by Crippen LogP contribution is 2.13. The monoisotopic (exact) mass is 237 g/mol. The number of hydrogen-bond acceptors (Lipinski definition) is 1. The van der Waals surface area contributed by atoms with Gasteiger partial charge in [0.25, 0.3) is 0 Å². The molecule has 4 heteroatoms. The second-order valence-electron chi connectivity index (χ2n) is 2.04. The molecule has 0 aliphatic carbocycles. The SMILES string of the molecule is Fc1ncc(Cl)cc1CCBr. The quantitative estimate of drug-likeness (QED) is 0.570. The Morgan fingerprint density at radius 1 is 1.64 bits per heavy atom. The van der Waals surface area contributed by atoms with Crippen LogP contribution in [-0.4, -0.2) is 10.3 Å². The van der Waals surface area contributed by atoms with Crippen molar-refractivity contribution >= 4 is 27.5 Å². The second kappa shape index (κ2) is 4.02. The summed E-state index contributed by atoms with van der Waals surface area (Å²) in [6.45, 7) is 0. The first kappa shape index (κ1) is 8.94. The van der Waals surface area contributed by atoms with Crippen LogP contribution >= 0.6 is 27.5 Å². The van der Waals surface area contributed by atoms with E-state index in [-0.39, 0.29) is 0 Å². The lowest BCUT2D eigenvalue weighted by atomic mass is 10.2. The second-order valence-corrected chi connectivity index (χ2v) is 3.27. The van der Waals surface area contributed by atoms with Crippen molar-refractivity contribution in [3.63, 3.8) is 0 Å². The van der Waals surface area contributed by atoms with E-state index in [1.54, 1.807) is 6.07 Å². The summed E-state index contributed by atoms with van der Waals surface area (Å²) in [7, 11) is 0. The Morgan fingerprint density at radius 2 is 2.36 bits per heavy atom. The molecule has 1 rings (SSSR count). The Labute approximate surface area is 77.7 Å². The molecule has 0 radical (unpaired) electrons. The van der Waals surface area contributed by atoms with Crippen LogP contribution in [0.1, 0.15) is 5.56 Å². The summed E-state index contributed by atoms with van der Waals surface area (Å²) < 4.78 is 12.8. The van der Waals surface area contributed by atoms with E-state index >= 15 is 0 Å². The van der Waals surface area contributed by atoms with Gasteiger partial charge >= 0.3 is 0 Å². The van der Waals surface area contributed by atoms with Crippen molar-refractivity contribution in [2.75, 3.05) is 5.33 Å². The molecule has 0 aliphatic rings. The van der Waals surface area contributed by atoms with Gasteiger partial charge in [0.15, 0.2) is 0 Å². The number of aryl methyl sites for hydroxylation is 1. The molecule has 0 atom stereocenters. The molecule has 0 amide bonds. The van der Waals surface area contributed by atoms with Gasteiger partial charge in [0, 0.05) is 17.1 Å². The Hall–Kier alpha value is -0.150. The third kappa shape index (κ3) is 2.42. The maximum absolute atomic E-state index is 12.8. The number of aromatic nitrogens is 1. The standard InChI is InChI=1S/C7H6BrClFN/c8-2-1-5-3-6(9)4-11-7(5)10/h3-4H,1-2H2. The van der Waals surface area contributed by atoms with Gasteiger partial charge in [-0.1, -0.05) is 27.5 Å². The van der Waals surface area contributed by atoms with Crippen molar-refractivity contribution in [3.8, 4) is 0 Å². The smallest absolute Gasteiger partial charge is 0.216 e. The molecule has 0 aliphatic heterocycles. The highest BCUT2D eigenvalue weighted by Gasteiger charge is 2.02. The molecule has 1 nitrogen and oxygen atoms in total. The molecule has 0 saturated heterocycles. The molecule has 0 N–H and O–H groups in total. The minimum Gasteiger partial charge on any atom is -0.227 e. The van der Waals surface area contributed by atoms with E-state index in [0.717, 1.165) is 0 Å². The molecule has 0 saturated carbocycles. The van der Waals surface area contributed by atoms with Gasteiger partial charge in [-0.15, -0.1) is 0 Å². The Balaban J connectivity index is 2.93. The molecule has 0 aromatic carbocycles.